The lowest BCUT2D eigenvalue weighted by atomic mass is 9.84. The number of hydrogen-bond acceptors (Lipinski definition) is 3. The molecule has 122 valence electrons. The highest BCUT2D eigenvalue weighted by atomic mass is 16.5. The Kier molecular flexibility index (Phi) is 5.98. The van der Waals surface area contributed by atoms with Crippen molar-refractivity contribution in [2.45, 2.75) is 57.2 Å². The van der Waals surface area contributed by atoms with Crippen molar-refractivity contribution >= 4 is 5.91 Å². The van der Waals surface area contributed by atoms with E-state index in [9.17, 15) is 9.90 Å². The molecule has 4 nitrogen and oxygen atoms in total. The van der Waals surface area contributed by atoms with Crippen molar-refractivity contribution in [1.29, 1.82) is 0 Å². The molecule has 1 amide bonds. The Morgan fingerprint density at radius 3 is 2.77 bits per heavy atom. The van der Waals surface area contributed by atoms with Crippen LogP contribution in [0.2, 0.25) is 0 Å². The zero-order valence-electron chi connectivity index (χ0n) is 13.5. The van der Waals surface area contributed by atoms with Gasteiger partial charge in [-0.25, -0.2) is 0 Å². The van der Waals surface area contributed by atoms with Gasteiger partial charge in [0.05, 0.1) is 6.10 Å². The average molecular weight is 305 g/mol. The van der Waals surface area contributed by atoms with Crippen LogP contribution in [0.15, 0.2) is 30.3 Å². The van der Waals surface area contributed by atoms with Gasteiger partial charge in [0.25, 0.3) is 5.91 Å². The lowest BCUT2D eigenvalue weighted by Crippen LogP contribution is -2.48. The average Bonchev–Trinajstić information content (AvgIpc) is 2.55. The van der Waals surface area contributed by atoms with E-state index in [1.54, 1.807) is 6.92 Å². The smallest absolute Gasteiger partial charge is 0.252 e. The summed E-state index contributed by atoms with van der Waals surface area (Å²) < 4.78 is 5.65. The molecule has 2 N–H and O–H groups in total. The molecule has 1 saturated heterocycles. The number of amides is 1. The summed E-state index contributed by atoms with van der Waals surface area (Å²) >= 11 is 0. The fourth-order valence-electron chi connectivity index (χ4n) is 2.82. The second-order valence-corrected chi connectivity index (χ2v) is 6.31. The van der Waals surface area contributed by atoms with Crippen LogP contribution in [0.5, 0.6) is 0 Å². The third-order valence-electron chi connectivity index (χ3n) is 4.63. The molecule has 0 spiro atoms. The third-order valence-corrected chi connectivity index (χ3v) is 4.63. The van der Waals surface area contributed by atoms with Crippen molar-refractivity contribution < 1.29 is 14.6 Å². The lowest BCUT2D eigenvalue weighted by Gasteiger charge is -2.30. The largest absolute Gasteiger partial charge is 0.380 e. The van der Waals surface area contributed by atoms with E-state index in [1.165, 1.54) is 6.42 Å². The van der Waals surface area contributed by atoms with Gasteiger partial charge in [-0.3, -0.25) is 4.79 Å². The molecule has 0 unspecified atom stereocenters. The minimum absolute atomic E-state index is 0.241. The first kappa shape index (κ1) is 17.0. The zero-order valence-corrected chi connectivity index (χ0v) is 13.5. The molecule has 1 fully saturated rings. The topological polar surface area (TPSA) is 58.6 Å². The van der Waals surface area contributed by atoms with E-state index in [0.717, 1.165) is 31.4 Å². The molecule has 3 atom stereocenters. The van der Waals surface area contributed by atoms with Gasteiger partial charge in [0.15, 0.2) is 0 Å². The molecular weight excluding hydrogens is 278 g/mol. The van der Waals surface area contributed by atoms with Gasteiger partial charge in [-0.1, -0.05) is 37.3 Å². The summed E-state index contributed by atoms with van der Waals surface area (Å²) in [6, 6.07) is 9.63. The van der Waals surface area contributed by atoms with Crippen LogP contribution in [-0.4, -0.2) is 35.9 Å². The van der Waals surface area contributed by atoms with Gasteiger partial charge in [-0.15, -0.1) is 0 Å². The quantitative estimate of drug-likeness (QED) is 0.849. The Morgan fingerprint density at radius 2 is 2.14 bits per heavy atom. The van der Waals surface area contributed by atoms with Crippen molar-refractivity contribution in [1.82, 2.24) is 5.32 Å². The van der Waals surface area contributed by atoms with Crippen LogP contribution < -0.4 is 5.32 Å². The van der Waals surface area contributed by atoms with Crippen molar-refractivity contribution in [3.63, 3.8) is 0 Å². The standard InChI is InChI=1S/C18H27NO3/c1-14(15-8-4-3-5-9-15)18(2,21)17(20)19-12-11-16-10-6-7-13-22-16/h3-5,8-9,14,16,21H,6-7,10-13H2,1-2H3,(H,19,20)/t14-,16+,18+/m1/s1. The van der Waals surface area contributed by atoms with E-state index in [0.29, 0.717) is 6.54 Å². The van der Waals surface area contributed by atoms with Gasteiger partial charge in [-0.05, 0) is 38.2 Å². The fraction of sp³-hybridized carbons (Fsp3) is 0.611. The number of benzene rings is 1. The number of rotatable bonds is 6. The van der Waals surface area contributed by atoms with Gasteiger partial charge < -0.3 is 15.2 Å². The van der Waals surface area contributed by atoms with Crippen LogP contribution >= 0.6 is 0 Å². The molecule has 1 aromatic rings. The van der Waals surface area contributed by atoms with E-state index in [-0.39, 0.29) is 17.9 Å². The Hall–Kier alpha value is -1.39. The molecular formula is C18H27NO3. The maximum absolute atomic E-state index is 12.3. The van der Waals surface area contributed by atoms with Crippen LogP contribution in [0.25, 0.3) is 0 Å². The molecule has 4 heteroatoms. The van der Waals surface area contributed by atoms with Crippen LogP contribution in [0.3, 0.4) is 0 Å². The normalized spacial score (nSPS) is 22.6. The van der Waals surface area contributed by atoms with Crippen molar-refractivity contribution in [3.8, 4) is 0 Å². The maximum Gasteiger partial charge on any atom is 0.252 e. The molecule has 2 rings (SSSR count). The lowest BCUT2D eigenvalue weighted by molar-refractivity contribution is -0.140. The van der Waals surface area contributed by atoms with Crippen molar-refractivity contribution in [2.75, 3.05) is 13.2 Å². The molecule has 0 aromatic heterocycles. The van der Waals surface area contributed by atoms with E-state index in [1.807, 2.05) is 37.3 Å². The molecule has 0 bridgehead atoms. The minimum atomic E-state index is -1.42. The van der Waals surface area contributed by atoms with Crippen molar-refractivity contribution in [3.05, 3.63) is 35.9 Å². The Bertz CT molecular complexity index is 466. The fourth-order valence-corrected chi connectivity index (χ4v) is 2.82. The van der Waals surface area contributed by atoms with E-state index >= 15 is 0 Å². The first-order valence-corrected chi connectivity index (χ1v) is 8.19. The summed E-state index contributed by atoms with van der Waals surface area (Å²) in [7, 11) is 0. The maximum atomic E-state index is 12.3. The molecule has 1 heterocycles. The molecule has 1 aromatic carbocycles. The minimum Gasteiger partial charge on any atom is -0.380 e. The Labute approximate surface area is 132 Å². The molecule has 0 aliphatic carbocycles. The highest BCUT2D eigenvalue weighted by Crippen LogP contribution is 2.28. The zero-order chi connectivity index (χ0) is 16.0. The highest BCUT2D eigenvalue weighted by Gasteiger charge is 2.37. The number of carbonyl (C=O) groups excluding carboxylic acids is 1. The Morgan fingerprint density at radius 1 is 1.41 bits per heavy atom. The first-order chi connectivity index (χ1) is 10.5. The van der Waals surface area contributed by atoms with Gasteiger partial charge in [-0.2, -0.15) is 0 Å². The van der Waals surface area contributed by atoms with Crippen LogP contribution in [0.1, 0.15) is 51.0 Å². The first-order valence-electron chi connectivity index (χ1n) is 8.19. The van der Waals surface area contributed by atoms with Crippen molar-refractivity contribution in [2.24, 2.45) is 0 Å². The number of ether oxygens (including phenoxy) is 1. The summed E-state index contributed by atoms with van der Waals surface area (Å²) in [5, 5.41) is 13.5. The third kappa shape index (κ3) is 4.31. The molecule has 1 aliphatic rings. The monoisotopic (exact) mass is 305 g/mol. The summed E-state index contributed by atoms with van der Waals surface area (Å²) in [5.74, 6) is -0.584. The summed E-state index contributed by atoms with van der Waals surface area (Å²) in [6.45, 7) is 4.82. The summed E-state index contributed by atoms with van der Waals surface area (Å²) in [6.07, 6.45) is 4.44. The van der Waals surface area contributed by atoms with Gasteiger partial charge in [0.2, 0.25) is 0 Å². The Balaban J connectivity index is 1.84. The SMILES string of the molecule is C[C@H](c1ccccc1)[C@](C)(O)C(=O)NCC[C@@H]1CCCCO1. The van der Waals surface area contributed by atoms with Gasteiger partial charge in [0.1, 0.15) is 5.60 Å². The van der Waals surface area contributed by atoms with Gasteiger partial charge in [0, 0.05) is 19.1 Å². The molecule has 0 radical (unpaired) electrons. The predicted molar refractivity (Wildman–Crippen MR) is 86.7 cm³/mol. The van der Waals surface area contributed by atoms with Crippen LogP contribution in [-0.2, 0) is 9.53 Å². The second-order valence-electron chi connectivity index (χ2n) is 6.31. The van der Waals surface area contributed by atoms with Crippen LogP contribution in [0.4, 0.5) is 0 Å². The van der Waals surface area contributed by atoms with E-state index in [4.69, 9.17) is 4.74 Å². The highest BCUT2D eigenvalue weighted by molar-refractivity contribution is 5.85. The van der Waals surface area contributed by atoms with E-state index in [2.05, 4.69) is 5.32 Å². The number of nitrogens with one attached hydrogen (secondary N) is 1. The number of carbonyl (C=O) groups is 1. The van der Waals surface area contributed by atoms with Crippen LogP contribution in [0, 0.1) is 0 Å². The molecule has 22 heavy (non-hydrogen) atoms. The number of aliphatic hydroxyl groups is 1. The summed E-state index contributed by atoms with van der Waals surface area (Å²) in [4.78, 5) is 12.3. The molecule has 0 saturated carbocycles. The number of hydrogen-bond donors (Lipinski definition) is 2. The second kappa shape index (κ2) is 7.75. The summed E-state index contributed by atoms with van der Waals surface area (Å²) in [5.41, 5.74) is -0.465. The predicted octanol–water partition coefficient (Wildman–Crippen LogP) is 2.62. The van der Waals surface area contributed by atoms with E-state index < -0.39 is 5.60 Å². The van der Waals surface area contributed by atoms with Gasteiger partial charge >= 0.3 is 0 Å². The molecule has 1 aliphatic heterocycles.